The largest absolute Gasteiger partial charge is 0.493 e. The molecule has 0 fully saturated rings. The Hall–Kier alpha value is -3.72. The Bertz CT molecular complexity index is 1300. The lowest BCUT2D eigenvalue weighted by atomic mass is 10.2. The molecule has 0 atom stereocenters. The molecule has 3 aromatic rings. The van der Waals surface area contributed by atoms with Crippen LogP contribution in [0.4, 0.5) is 11.4 Å². The van der Waals surface area contributed by atoms with Gasteiger partial charge in [-0.2, -0.15) is 0 Å². The van der Waals surface area contributed by atoms with Crippen LogP contribution in [-0.4, -0.2) is 34.8 Å². The second-order valence-electron chi connectivity index (χ2n) is 7.63. The molecule has 0 radical (unpaired) electrons. The molecule has 9 heteroatoms. The van der Waals surface area contributed by atoms with Gasteiger partial charge in [-0.25, -0.2) is 8.42 Å². The standard InChI is InChI=1S/C24H24N2O6S/c1-15-4-7-18(8-5-15)33(28,29)22-11-16(2)10-19(24(22)30-3)25-13-23(27)26-17-6-9-20-21(12-17)32-14-31-20/h4-12,25H,13-14H2,1-3H3,(H,26,27). The summed E-state index contributed by atoms with van der Waals surface area (Å²) >= 11 is 0. The van der Waals surface area contributed by atoms with Gasteiger partial charge < -0.3 is 24.8 Å². The van der Waals surface area contributed by atoms with Gasteiger partial charge in [-0.05, 0) is 55.8 Å². The molecule has 1 aliphatic rings. The summed E-state index contributed by atoms with van der Waals surface area (Å²) in [5.41, 5.74) is 2.63. The van der Waals surface area contributed by atoms with Crippen molar-refractivity contribution in [3.63, 3.8) is 0 Å². The average molecular weight is 469 g/mol. The van der Waals surface area contributed by atoms with Crippen molar-refractivity contribution >= 4 is 27.1 Å². The van der Waals surface area contributed by atoms with Crippen molar-refractivity contribution in [1.29, 1.82) is 0 Å². The van der Waals surface area contributed by atoms with Gasteiger partial charge in [0.15, 0.2) is 17.2 Å². The molecule has 1 amide bonds. The summed E-state index contributed by atoms with van der Waals surface area (Å²) < 4.78 is 42.6. The molecular formula is C24H24N2O6S. The summed E-state index contributed by atoms with van der Waals surface area (Å²) in [6.45, 7) is 3.72. The lowest BCUT2D eigenvalue weighted by Crippen LogP contribution is -2.22. The van der Waals surface area contributed by atoms with Crippen molar-refractivity contribution in [3.05, 3.63) is 65.7 Å². The molecule has 0 saturated carbocycles. The Labute approximate surface area is 192 Å². The third-order valence-corrected chi connectivity index (χ3v) is 6.89. The van der Waals surface area contributed by atoms with Crippen LogP contribution < -0.4 is 24.8 Å². The first-order valence-electron chi connectivity index (χ1n) is 10.2. The Balaban J connectivity index is 1.55. The maximum atomic E-state index is 13.3. The average Bonchev–Trinajstić information content (AvgIpc) is 3.25. The molecule has 2 N–H and O–H groups in total. The van der Waals surface area contributed by atoms with Crippen molar-refractivity contribution in [3.8, 4) is 17.2 Å². The van der Waals surface area contributed by atoms with E-state index in [1.807, 2.05) is 6.92 Å². The second kappa shape index (κ2) is 9.03. The number of nitrogens with one attached hydrogen (secondary N) is 2. The third-order valence-electron chi connectivity index (χ3n) is 5.12. The van der Waals surface area contributed by atoms with Crippen molar-refractivity contribution in [2.24, 2.45) is 0 Å². The summed E-state index contributed by atoms with van der Waals surface area (Å²) in [6, 6.07) is 15.0. The molecule has 0 aliphatic carbocycles. The van der Waals surface area contributed by atoms with Crippen molar-refractivity contribution < 1.29 is 27.4 Å². The van der Waals surface area contributed by atoms with Gasteiger partial charge in [0.25, 0.3) is 0 Å². The highest BCUT2D eigenvalue weighted by molar-refractivity contribution is 7.91. The van der Waals surface area contributed by atoms with Crippen LogP contribution in [0.3, 0.4) is 0 Å². The Morgan fingerprint density at radius 1 is 0.970 bits per heavy atom. The van der Waals surface area contributed by atoms with Gasteiger partial charge in [-0.15, -0.1) is 0 Å². The van der Waals surface area contributed by atoms with Crippen LogP contribution in [0.5, 0.6) is 17.2 Å². The van der Waals surface area contributed by atoms with Gasteiger partial charge in [0.2, 0.25) is 22.5 Å². The number of amides is 1. The van der Waals surface area contributed by atoms with Gasteiger partial charge in [-0.1, -0.05) is 17.7 Å². The first kappa shape index (κ1) is 22.5. The van der Waals surface area contributed by atoms with E-state index < -0.39 is 9.84 Å². The fourth-order valence-corrected chi connectivity index (χ4v) is 5.01. The number of ether oxygens (including phenoxy) is 3. The lowest BCUT2D eigenvalue weighted by molar-refractivity contribution is -0.114. The summed E-state index contributed by atoms with van der Waals surface area (Å²) in [4.78, 5) is 12.7. The van der Waals surface area contributed by atoms with E-state index in [1.165, 1.54) is 7.11 Å². The summed E-state index contributed by atoms with van der Waals surface area (Å²) in [6.07, 6.45) is 0. The Morgan fingerprint density at radius 2 is 1.70 bits per heavy atom. The number of anilines is 2. The third kappa shape index (κ3) is 4.73. The smallest absolute Gasteiger partial charge is 0.243 e. The normalized spacial score (nSPS) is 12.3. The maximum Gasteiger partial charge on any atom is 0.243 e. The van der Waals surface area contributed by atoms with Crippen LogP contribution in [0, 0.1) is 13.8 Å². The highest BCUT2D eigenvalue weighted by Gasteiger charge is 2.25. The highest BCUT2D eigenvalue weighted by Crippen LogP contribution is 2.37. The highest BCUT2D eigenvalue weighted by atomic mass is 32.2. The first-order chi connectivity index (χ1) is 15.8. The summed E-state index contributed by atoms with van der Waals surface area (Å²) in [5, 5.41) is 5.77. The molecule has 8 nitrogen and oxygen atoms in total. The number of fused-ring (bicyclic) bond motifs is 1. The number of carbonyl (C=O) groups excluding carboxylic acids is 1. The quantitative estimate of drug-likeness (QED) is 0.542. The van der Waals surface area contributed by atoms with Gasteiger partial charge in [-0.3, -0.25) is 4.79 Å². The predicted octanol–water partition coefficient (Wildman–Crippen LogP) is 3.92. The minimum Gasteiger partial charge on any atom is -0.493 e. The number of aryl methyl sites for hydroxylation is 2. The molecular weight excluding hydrogens is 444 g/mol. The molecule has 0 unspecified atom stereocenters. The van der Waals surface area contributed by atoms with E-state index in [0.717, 1.165) is 5.56 Å². The fourth-order valence-electron chi connectivity index (χ4n) is 3.48. The zero-order chi connectivity index (χ0) is 23.6. The molecule has 0 bridgehead atoms. The Kier molecular flexibility index (Phi) is 6.15. The SMILES string of the molecule is COc1c(NCC(=O)Nc2ccc3c(c2)OCO3)cc(C)cc1S(=O)(=O)c1ccc(C)cc1. The minimum atomic E-state index is -3.83. The summed E-state index contributed by atoms with van der Waals surface area (Å²) in [7, 11) is -2.43. The van der Waals surface area contributed by atoms with Gasteiger partial charge >= 0.3 is 0 Å². The Morgan fingerprint density at radius 3 is 2.42 bits per heavy atom. The van der Waals surface area contributed by atoms with Crippen LogP contribution in [0.1, 0.15) is 11.1 Å². The number of rotatable bonds is 7. The van der Waals surface area contributed by atoms with Gasteiger partial charge in [0.1, 0.15) is 4.90 Å². The van der Waals surface area contributed by atoms with Crippen LogP contribution >= 0.6 is 0 Å². The molecule has 1 heterocycles. The summed E-state index contributed by atoms with van der Waals surface area (Å²) in [5.74, 6) is 1.02. The van der Waals surface area contributed by atoms with Gasteiger partial charge in [0.05, 0.1) is 24.2 Å². The molecule has 172 valence electrons. The van der Waals surface area contributed by atoms with Crippen molar-refractivity contribution in [1.82, 2.24) is 0 Å². The lowest BCUT2D eigenvalue weighted by Gasteiger charge is -2.17. The van der Waals surface area contributed by atoms with Gasteiger partial charge in [0, 0.05) is 11.8 Å². The number of hydrogen-bond donors (Lipinski definition) is 2. The van der Waals surface area contributed by atoms with E-state index in [0.29, 0.717) is 28.4 Å². The number of methoxy groups -OCH3 is 1. The van der Waals surface area contributed by atoms with E-state index in [4.69, 9.17) is 14.2 Å². The zero-order valence-corrected chi connectivity index (χ0v) is 19.3. The van der Waals surface area contributed by atoms with Crippen LogP contribution in [0.25, 0.3) is 0 Å². The predicted molar refractivity (Wildman–Crippen MR) is 124 cm³/mol. The fraction of sp³-hybridized carbons (Fsp3) is 0.208. The monoisotopic (exact) mass is 468 g/mol. The molecule has 3 aromatic carbocycles. The second-order valence-corrected chi connectivity index (χ2v) is 9.55. The minimum absolute atomic E-state index is 0.0348. The number of sulfone groups is 1. The maximum absolute atomic E-state index is 13.3. The van der Waals surface area contributed by atoms with E-state index in [-0.39, 0.29) is 34.8 Å². The van der Waals surface area contributed by atoms with E-state index >= 15 is 0 Å². The topological polar surface area (TPSA) is 103 Å². The van der Waals surface area contributed by atoms with E-state index in [2.05, 4.69) is 10.6 Å². The number of carbonyl (C=O) groups is 1. The molecule has 33 heavy (non-hydrogen) atoms. The van der Waals surface area contributed by atoms with Crippen LogP contribution in [0.2, 0.25) is 0 Å². The van der Waals surface area contributed by atoms with E-state index in [9.17, 15) is 13.2 Å². The molecule has 0 saturated heterocycles. The molecule has 4 rings (SSSR count). The molecule has 0 aromatic heterocycles. The van der Waals surface area contributed by atoms with Crippen molar-refractivity contribution in [2.45, 2.75) is 23.6 Å². The van der Waals surface area contributed by atoms with Crippen LogP contribution in [-0.2, 0) is 14.6 Å². The number of hydrogen-bond acceptors (Lipinski definition) is 7. The molecule has 1 aliphatic heterocycles. The van der Waals surface area contributed by atoms with Crippen LogP contribution in [0.15, 0.2) is 64.4 Å². The van der Waals surface area contributed by atoms with E-state index in [1.54, 1.807) is 61.5 Å². The number of benzene rings is 3. The zero-order valence-electron chi connectivity index (χ0n) is 18.5. The van der Waals surface area contributed by atoms with Crippen molar-refractivity contribution in [2.75, 3.05) is 31.1 Å². The first-order valence-corrected chi connectivity index (χ1v) is 11.7. The molecule has 0 spiro atoms.